The fourth-order valence-corrected chi connectivity index (χ4v) is 2.41. The van der Waals surface area contributed by atoms with Gasteiger partial charge in [0.05, 0.1) is 0 Å². The van der Waals surface area contributed by atoms with Gasteiger partial charge in [-0.2, -0.15) is 0 Å². The second-order valence-corrected chi connectivity index (χ2v) is 5.42. The molecule has 0 atom stereocenters. The van der Waals surface area contributed by atoms with Gasteiger partial charge in [-0.15, -0.1) is 0 Å². The summed E-state index contributed by atoms with van der Waals surface area (Å²) in [6.07, 6.45) is 1.71. The van der Waals surface area contributed by atoms with Gasteiger partial charge in [0.2, 0.25) is 0 Å². The molecule has 0 saturated carbocycles. The smallest absolute Gasteiger partial charge is 0.262 e. The molecule has 2 aromatic carbocycles. The van der Waals surface area contributed by atoms with Crippen molar-refractivity contribution in [3.63, 3.8) is 0 Å². The first-order valence-electron chi connectivity index (χ1n) is 7.48. The van der Waals surface area contributed by atoms with Crippen LogP contribution in [0.4, 0.5) is 5.69 Å². The molecule has 0 aliphatic rings. The van der Waals surface area contributed by atoms with Crippen molar-refractivity contribution in [2.75, 3.05) is 11.9 Å². The fraction of sp³-hybridized carbons (Fsp3) is 0.158. The van der Waals surface area contributed by atoms with Gasteiger partial charge in [0, 0.05) is 17.3 Å². The lowest BCUT2D eigenvalue weighted by atomic mass is 10.1. The van der Waals surface area contributed by atoms with E-state index in [1.165, 1.54) is 0 Å². The number of nitrogens with zero attached hydrogens (tertiary/aromatic N) is 1. The van der Waals surface area contributed by atoms with Gasteiger partial charge in [-0.25, -0.2) is 0 Å². The quantitative estimate of drug-likeness (QED) is 0.796. The van der Waals surface area contributed by atoms with Crippen LogP contribution < -0.4 is 10.1 Å². The Morgan fingerprint density at radius 2 is 1.87 bits per heavy atom. The maximum Gasteiger partial charge on any atom is 0.262 e. The SMILES string of the molecule is Cc1cccc(NC(=O)COc2cccc3cccnc23)c1C. The van der Waals surface area contributed by atoms with Gasteiger partial charge in [0.1, 0.15) is 11.3 Å². The van der Waals surface area contributed by atoms with E-state index < -0.39 is 0 Å². The van der Waals surface area contributed by atoms with Crippen LogP contribution in [-0.4, -0.2) is 17.5 Å². The number of anilines is 1. The molecule has 4 heteroatoms. The molecule has 1 heterocycles. The molecule has 4 nitrogen and oxygen atoms in total. The van der Waals surface area contributed by atoms with Crippen molar-refractivity contribution in [2.45, 2.75) is 13.8 Å². The van der Waals surface area contributed by atoms with E-state index in [1.54, 1.807) is 6.20 Å². The third kappa shape index (κ3) is 3.31. The highest BCUT2D eigenvalue weighted by atomic mass is 16.5. The van der Waals surface area contributed by atoms with Crippen molar-refractivity contribution in [3.05, 3.63) is 65.9 Å². The lowest BCUT2D eigenvalue weighted by Crippen LogP contribution is -2.20. The lowest BCUT2D eigenvalue weighted by Gasteiger charge is -2.11. The number of ether oxygens (including phenoxy) is 1. The number of rotatable bonds is 4. The number of para-hydroxylation sites is 1. The van der Waals surface area contributed by atoms with Gasteiger partial charge < -0.3 is 10.1 Å². The van der Waals surface area contributed by atoms with Crippen molar-refractivity contribution in [2.24, 2.45) is 0 Å². The second kappa shape index (κ2) is 6.48. The van der Waals surface area contributed by atoms with E-state index >= 15 is 0 Å². The van der Waals surface area contributed by atoms with Crippen LogP contribution >= 0.6 is 0 Å². The Labute approximate surface area is 135 Å². The van der Waals surface area contributed by atoms with Gasteiger partial charge in [0.25, 0.3) is 5.91 Å². The largest absolute Gasteiger partial charge is 0.481 e. The van der Waals surface area contributed by atoms with Crippen molar-refractivity contribution >= 4 is 22.5 Å². The number of pyridine rings is 1. The number of hydrogen-bond donors (Lipinski definition) is 1. The fourth-order valence-electron chi connectivity index (χ4n) is 2.41. The van der Waals surface area contributed by atoms with Crippen LogP contribution in [-0.2, 0) is 4.79 Å². The topological polar surface area (TPSA) is 51.2 Å². The molecule has 0 saturated heterocycles. The van der Waals surface area contributed by atoms with Crippen LogP contribution in [0, 0.1) is 13.8 Å². The molecule has 0 spiro atoms. The number of amides is 1. The monoisotopic (exact) mass is 306 g/mol. The molecule has 0 bridgehead atoms. The Bertz CT molecular complexity index is 854. The summed E-state index contributed by atoms with van der Waals surface area (Å²) in [6, 6.07) is 15.3. The summed E-state index contributed by atoms with van der Waals surface area (Å²) in [5.41, 5.74) is 3.78. The first-order chi connectivity index (χ1) is 11.1. The number of aryl methyl sites for hydroxylation is 1. The molecule has 0 fully saturated rings. The van der Waals surface area contributed by atoms with Crippen molar-refractivity contribution in [1.82, 2.24) is 4.98 Å². The summed E-state index contributed by atoms with van der Waals surface area (Å²) in [5.74, 6) is 0.422. The van der Waals surface area contributed by atoms with Crippen LogP contribution in [0.2, 0.25) is 0 Å². The van der Waals surface area contributed by atoms with Gasteiger partial charge in [-0.05, 0) is 43.2 Å². The highest BCUT2D eigenvalue weighted by Gasteiger charge is 2.08. The summed E-state index contributed by atoms with van der Waals surface area (Å²) < 4.78 is 5.65. The Hall–Kier alpha value is -2.88. The Balaban J connectivity index is 1.70. The predicted molar refractivity (Wildman–Crippen MR) is 91.8 cm³/mol. The number of benzene rings is 2. The minimum Gasteiger partial charge on any atom is -0.481 e. The van der Waals surface area contributed by atoms with E-state index in [2.05, 4.69) is 10.3 Å². The average molecular weight is 306 g/mol. The zero-order chi connectivity index (χ0) is 16.2. The molecule has 116 valence electrons. The van der Waals surface area contributed by atoms with Gasteiger partial charge in [0.15, 0.2) is 6.61 Å². The summed E-state index contributed by atoms with van der Waals surface area (Å²) in [6.45, 7) is 3.95. The number of fused-ring (bicyclic) bond motifs is 1. The standard InChI is InChI=1S/C19H18N2O2/c1-13-6-3-9-16(14(13)2)21-18(22)12-23-17-10-4-7-15-8-5-11-20-19(15)17/h3-11H,12H2,1-2H3,(H,21,22). The molecule has 0 aliphatic carbocycles. The average Bonchev–Trinajstić information content (AvgIpc) is 2.57. The van der Waals surface area contributed by atoms with Crippen molar-refractivity contribution in [1.29, 1.82) is 0 Å². The van der Waals surface area contributed by atoms with Gasteiger partial charge >= 0.3 is 0 Å². The van der Waals surface area contributed by atoms with Crippen molar-refractivity contribution < 1.29 is 9.53 Å². The molecule has 3 aromatic rings. The number of carbonyl (C=O) groups is 1. The summed E-state index contributed by atoms with van der Waals surface area (Å²) >= 11 is 0. The minimum atomic E-state index is -0.188. The van der Waals surface area contributed by atoms with E-state index in [0.717, 1.165) is 27.7 Å². The summed E-state index contributed by atoms with van der Waals surface area (Å²) in [4.78, 5) is 16.4. The molecule has 1 N–H and O–H groups in total. The number of aromatic nitrogens is 1. The van der Waals surface area contributed by atoms with Crippen LogP contribution in [0.3, 0.4) is 0 Å². The molecular weight excluding hydrogens is 288 g/mol. The molecule has 0 radical (unpaired) electrons. The molecule has 23 heavy (non-hydrogen) atoms. The number of hydrogen-bond acceptors (Lipinski definition) is 3. The van der Waals surface area contributed by atoms with Crippen LogP contribution in [0.1, 0.15) is 11.1 Å². The molecule has 0 aliphatic heterocycles. The lowest BCUT2D eigenvalue weighted by molar-refractivity contribution is -0.118. The van der Waals surface area contributed by atoms with E-state index in [1.807, 2.05) is 62.4 Å². The second-order valence-electron chi connectivity index (χ2n) is 5.42. The van der Waals surface area contributed by atoms with Crippen LogP contribution in [0.25, 0.3) is 10.9 Å². The molecule has 1 aromatic heterocycles. The zero-order valence-corrected chi connectivity index (χ0v) is 13.2. The van der Waals surface area contributed by atoms with E-state index in [-0.39, 0.29) is 12.5 Å². The molecule has 3 rings (SSSR count). The third-order valence-electron chi connectivity index (χ3n) is 3.83. The summed E-state index contributed by atoms with van der Waals surface area (Å²) in [7, 11) is 0. The third-order valence-corrected chi connectivity index (χ3v) is 3.83. The highest BCUT2D eigenvalue weighted by Crippen LogP contribution is 2.23. The van der Waals surface area contributed by atoms with Gasteiger partial charge in [-0.1, -0.05) is 30.3 Å². The van der Waals surface area contributed by atoms with Crippen LogP contribution in [0.15, 0.2) is 54.7 Å². The first kappa shape index (κ1) is 15.0. The maximum atomic E-state index is 12.1. The Kier molecular flexibility index (Phi) is 4.24. The summed E-state index contributed by atoms with van der Waals surface area (Å²) in [5, 5.41) is 3.87. The van der Waals surface area contributed by atoms with E-state index in [4.69, 9.17) is 4.74 Å². The first-order valence-corrected chi connectivity index (χ1v) is 7.48. The molecule has 1 amide bonds. The van der Waals surface area contributed by atoms with Crippen LogP contribution in [0.5, 0.6) is 5.75 Å². The Morgan fingerprint density at radius 3 is 2.74 bits per heavy atom. The Morgan fingerprint density at radius 1 is 1.09 bits per heavy atom. The van der Waals surface area contributed by atoms with Gasteiger partial charge in [-0.3, -0.25) is 9.78 Å². The normalized spacial score (nSPS) is 10.5. The van der Waals surface area contributed by atoms with Crippen molar-refractivity contribution in [3.8, 4) is 5.75 Å². The van der Waals surface area contributed by atoms with E-state index in [0.29, 0.717) is 5.75 Å². The molecular formula is C19H18N2O2. The minimum absolute atomic E-state index is 0.0525. The maximum absolute atomic E-state index is 12.1. The number of carbonyl (C=O) groups excluding carboxylic acids is 1. The highest BCUT2D eigenvalue weighted by molar-refractivity contribution is 5.93. The van der Waals surface area contributed by atoms with E-state index in [9.17, 15) is 4.79 Å². The predicted octanol–water partition coefficient (Wildman–Crippen LogP) is 3.87. The zero-order valence-electron chi connectivity index (χ0n) is 13.2. The number of nitrogens with one attached hydrogen (secondary N) is 1. The molecule has 0 unspecified atom stereocenters.